The molecule has 0 aliphatic heterocycles. The van der Waals surface area contributed by atoms with E-state index in [1.54, 1.807) is 7.11 Å². The van der Waals surface area contributed by atoms with Crippen LogP contribution in [0.15, 0.2) is 49.1 Å². The summed E-state index contributed by atoms with van der Waals surface area (Å²) >= 11 is 0. The molecule has 20 heavy (non-hydrogen) atoms. The molecule has 0 fully saturated rings. The number of nitrogens with two attached hydrogens (primary N) is 1. The molecule has 1 atom stereocenters. The molecule has 0 radical (unpaired) electrons. The van der Waals surface area contributed by atoms with E-state index in [4.69, 9.17) is 10.5 Å². The van der Waals surface area contributed by atoms with Gasteiger partial charge in [0.2, 0.25) is 5.88 Å². The second-order valence-corrected chi connectivity index (χ2v) is 4.84. The molecule has 0 bridgehead atoms. The molecule has 104 valence electrons. The van der Waals surface area contributed by atoms with Crippen LogP contribution in [0.25, 0.3) is 11.1 Å². The first-order chi connectivity index (χ1) is 9.65. The van der Waals surface area contributed by atoms with E-state index >= 15 is 0 Å². The number of rotatable bonds is 5. The molecular weight excluding hydrogens is 248 g/mol. The summed E-state index contributed by atoms with van der Waals surface area (Å²) in [5, 5.41) is 0. The highest BCUT2D eigenvalue weighted by Gasteiger charge is 2.11. The minimum atomic E-state index is 0.297. The highest BCUT2D eigenvalue weighted by atomic mass is 16.5. The van der Waals surface area contributed by atoms with Gasteiger partial charge in [-0.25, -0.2) is 4.98 Å². The van der Waals surface area contributed by atoms with E-state index in [1.165, 1.54) is 0 Å². The van der Waals surface area contributed by atoms with Gasteiger partial charge >= 0.3 is 0 Å². The molecule has 0 saturated carbocycles. The number of allylic oxidation sites excluding steroid dienone is 1. The fourth-order valence-corrected chi connectivity index (χ4v) is 2.17. The maximum atomic E-state index is 6.05. The van der Waals surface area contributed by atoms with Crippen LogP contribution in [0.5, 0.6) is 5.88 Å². The van der Waals surface area contributed by atoms with Gasteiger partial charge in [0.05, 0.1) is 7.11 Å². The van der Waals surface area contributed by atoms with Gasteiger partial charge in [-0.2, -0.15) is 0 Å². The lowest BCUT2D eigenvalue weighted by molar-refractivity contribution is 0.395. The quantitative estimate of drug-likeness (QED) is 0.658. The number of nitrogen functional groups attached to an aromatic ring is 1. The summed E-state index contributed by atoms with van der Waals surface area (Å²) in [7, 11) is 1.63. The van der Waals surface area contributed by atoms with Crippen molar-refractivity contribution >= 4 is 5.69 Å². The molecule has 3 nitrogen and oxygen atoms in total. The van der Waals surface area contributed by atoms with Crippen molar-refractivity contribution in [3.05, 3.63) is 54.7 Å². The fourth-order valence-electron chi connectivity index (χ4n) is 2.17. The van der Waals surface area contributed by atoms with E-state index in [0.717, 1.165) is 28.9 Å². The number of pyridine rings is 1. The Morgan fingerprint density at radius 1 is 1.35 bits per heavy atom. The van der Waals surface area contributed by atoms with Crippen molar-refractivity contribution in [1.29, 1.82) is 0 Å². The van der Waals surface area contributed by atoms with E-state index in [9.17, 15) is 0 Å². The van der Waals surface area contributed by atoms with Gasteiger partial charge < -0.3 is 10.5 Å². The molecule has 0 spiro atoms. The van der Waals surface area contributed by atoms with Gasteiger partial charge in [-0.15, -0.1) is 6.58 Å². The van der Waals surface area contributed by atoms with Crippen molar-refractivity contribution in [2.24, 2.45) is 0 Å². The van der Waals surface area contributed by atoms with Crippen LogP contribution < -0.4 is 10.5 Å². The predicted molar refractivity (Wildman–Crippen MR) is 83.9 cm³/mol. The second-order valence-electron chi connectivity index (χ2n) is 4.84. The summed E-state index contributed by atoms with van der Waals surface area (Å²) < 4.78 is 5.31. The molecule has 0 saturated heterocycles. The minimum Gasteiger partial charge on any atom is -0.481 e. The largest absolute Gasteiger partial charge is 0.481 e. The van der Waals surface area contributed by atoms with E-state index in [2.05, 4.69) is 24.6 Å². The van der Waals surface area contributed by atoms with Gasteiger partial charge in [-0.3, -0.25) is 0 Å². The van der Waals surface area contributed by atoms with Crippen LogP contribution in [0.2, 0.25) is 0 Å². The number of ether oxygens (including phenoxy) is 1. The van der Waals surface area contributed by atoms with Crippen molar-refractivity contribution in [1.82, 2.24) is 4.98 Å². The Kier molecular flexibility index (Phi) is 4.41. The number of nitrogens with zero attached hydrogens (tertiary/aromatic N) is 1. The van der Waals surface area contributed by atoms with Gasteiger partial charge in [-0.1, -0.05) is 31.2 Å². The van der Waals surface area contributed by atoms with E-state index < -0.39 is 0 Å². The Hall–Kier alpha value is -2.29. The van der Waals surface area contributed by atoms with Crippen molar-refractivity contribution in [3.63, 3.8) is 0 Å². The molecule has 2 aromatic rings. The van der Waals surface area contributed by atoms with Crippen LogP contribution in [0.3, 0.4) is 0 Å². The number of benzene rings is 1. The normalized spacial score (nSPS) is 11.9. The van der Waals surface area contributed by atoms with E-state index in [-0.39, 0.29) is 0 Å². The van der Waals surface area contributed by atoms with Gasteiger partial charge in [0, 0.05) is 28.9 Å². The Morgan fingerprint density at radius 2 is 2.10 bits per heavy atom. The highest BCUT2D eigenvalue weighted by Crippen LogP contribution is 2.31. The lowest BCUT2D eigenvalue weighted by atomic mass is 9.98. The zero-order chi connectivity index (χ0) is 14.5. The Balaban J connectivity index is 2.51. The third kappa shape index (κ3) is 2.99. The molecular formula is C17H20N2O. The number of anilines is 1. The lowest BCUT2D eigenvalue weighted by Gasteiger charge is -2.13. The molecule has 0 aliphatic rings. The number of hydrogen-bond acceptors (Lipinski definition) is 3. The fraction of sp³-hybridized carbons (Fsp3) is 0.235. The summed E-state index contributed by atoms with van der Waals surface area (Å²) in [6.45, 7) is 5.91. The molecule has 1 aromatic carbocycles. The predicted octanol–water partition coefficient (Wildman–Crippen LogP) is 4.02. The topological polar surface area (TPSA) is 48.1 Å². The standard InChI is InChI=1S/C17H20N2O/c1-4-7-12(2)16-10-13(11-17(19-16)20-3)14-8-5-6-9-15(14)18/h4-6,8-12H,1,7,18H2,2-3H3/t12-/m0/s1. The molecule has 0 unspecified atom stereocenters. The number of methoxy groups -OCH3 is 1. The Labute approximate surface area is 120 Å². The van der Waals surface area contributed by atoms with Crippen LogP contribution in [-0.4, -0.2) is 12.1 Å². The number of para-hydroxylation sites is 1. The zero-order valence-electron chi connectivity index (χ0n) is 12.0. The van der Waals surface area contributed by atoms with Crippen molar-refractivity contribution < 1.29 is 4.74 Å². The van der Waals surface area contributed by atoms with Crippen LogP contribution in [0.1, 0.15) is 25.0 Å². The molecule has 2 N–H and O–H groups in total. The summed E-state index contributed by atoms with van der Waals surface area (Å²) in [4.78, 5) is 4.51. The SMILES string of the molecule is C=CC[C@H](C)c1cc(-c2ccccc2N)cc(OC)n1. The Bertz CT molecular complexity index is 608. The van der Waals surface area contributed by atoms with Crippen LogP contribution >= 0.6 is 0 Å². The zero-order valence-corrected chi connectivity index (χ0v) is 12.0. The smallest absolute Gasteiger partial charge is 0.213 e. The van der Waals surface area contributed by atoms with E-state index in [0.29, 0.717) is 11.8 Å². The summed E-state index contributed by atoms with van der Waals surface area (Å²) in [5.41, 5.74) is 9.82. The summed E-state index contributed by atoms with van der Waals surface area (Å²) in [6, 6.07) is 11.8. The highest BCUT2D eigenvalue weighted by molar-refractivity contribution is 5.76. The van der Waals surface area contributed by atoms with E-state index in [1.807, 2.05) is 36.4 Å². The summed E-state index contributed by atoms with van der Waals surface area (Å²) in [6.07, 6.45) is 2.78. The van der Waals surface area contributed by atoms with Gasteiger partial charge in [0.15, 0.2) is 0 Å². The van der Waals surface area contributed by atoms with Gasteiger partial charge in [0.25, 0.3) is 0 Å². The lowest BCUT2D eigenvalue weighted by Crippen LogP contribution is -2.00. The number of aromatic nitrogens is 1. The van der Waals surface area contributed by atoms with Crippen molar-refractivity contribution in [2.45, 2.75) is 19.3 Å². The van der Waals surface area contributed by atoms with Crippen molar-refractivity contribution in [3.8, 4) is 17.0 Å². The van der Waals surface area contributed by atoms with Gasteiger partial charge in [-0.05, 0) is 24.1 Å². The molecule has 3 heteroatoms. The molecule has 1 heterocycles. The molecule has 0 aliphatic carbocycles. The van der Waals surface area contributed by atoms with Crippen LogP contribution in [0.4, 0.5) is 5.69 Å². The monoisotopic (exact) mass is 268 g/mol. The van der Waals surface area contributed by atoms with Crippen LogP contribution in [0, 0.1) is 0 Å². The van der Waals surface area contributed by atoms with Crippen molar-refractivity contribution in [2.75, 3.05) is 12.8 Å². The van der Waals surface area contributed by atoms with Gasteiger partial charge in [0.1, 0.15) is 0 Å². The number of hydrogen-bond donors (Lipinski definition) is 1. The third-order valence-electron chi connectivity index (χ3n) is 3.33. The average Bonchev–Trinajstić information content (AvgIpc) is 2.47. The third-order valence-corrected chi connectivity index (χ3v) is 3.33. The maximum absolute atomic E-state index is 6.05. The minimum absolute atomic E-state index is 0.297. The first kappa shape index (κ1) is 14.1. The maximum Gasteiger partial charge on any atom is 0.213 e. The second kappa shape index (κ2) is 6.24. The first-order valence-electron chi connectivity index (χ1n) is 6.67. The van der Waals surface area contributed by atoms with Crippen LogP contribution in [-0.2, 0) is 0 Å². The molecule has 0 amide bonds. The molecule has 1 aromatic heterocycles. The average molecular weight is 268 g/mol. The summed E-state index contributed by atoms with van der Waals surface area (Å²) in [5.74, 6) is 0.906. The first-order valence-corrected chi connectivity index (χ1v) is 6.67. The Morgan fingerprint density at radius 3 is 2.75 bits per heavy atom. The molecule has 2 rings (SSSR count).